The molecule has 0 aliphatic carbocycles. The Morgan fingerprint density at radius 3 is 2.12 bits per heavy atom. The second-order valence-corrected chi connectivity index (χ2v) is 13.8. The highest BCUT2D eigenvalue weighted by molar-refractivity contribution is 6.18. The molecule has 3 heteroatoms. The molecule has 0 saturated heterocycles. The largest absolute Gasteiger partial charge is 0.455 e. The SMILES string of the molecule is [2H]C([2H])([2H])c1ccc(-c2nc3ccccc3n2-c2c(C(C)C)cc(-c3ccccc3)cc2C(C)C)c2oc3cc4ccc5ccccc5c4cc3c12. The van der Waals surface area contributed by atoms with E-state index in [9.17, 15) is 0 Å². The van der Waals surface area contributed by atoms with Crippen molar-refractivity contribution in [3.63, 3.8) is 0 Å². The number of imidazole rings is 1. The van der Waals surface area contributed by atoms with E-state index < -0.39 is 6.85 Å². The zero-order valence-corrected chi connectivity index (χ0v) is 28.1. The van der Waals surface area contributed by atoms with Gasteiger partial charge in [-0.3, -0.25) is 4.57 Å². The van der Waals surface area contributed by atoms with Crippen molar-refractivity contribution in [1.82, 2.24) is 9.55 Å². The molecule has 238 valence electrons. The van der Waals surface area contributed by atoms with Crippen molar-refractivity contribution in [3.8, 4) is 28.2 Å². The molecule has 0 amide bonds. The lowest BCUT2D eigenvalue weighted by Crippen LogP contribution is -2.09. The number of benzene rings is 7. The first kappa shape index (κ1) is 26.3. The second-order valence-electron chi connectivity index (χ2n) is 13.8. The van der Waals surface area contributed by atoms with Crippen LogP contribution in [0.5, 0.6) is 0 Å². The predicted octanol–water partition coefficient (Wildman–Crippen LogP) is 13.1. The average molecular weight is 638 g/mol. The van der Waals surface area contributed by atoms with Crippen LogP contribution < -0.4 is 0 Å². The van der Waals surface area contributed by atoms with Crippen LogP contribution in [-0.4, -0.2) is 9.55 Å². The van der Waals surface area contributed by atoms with E-state index in [4.69, 9.17) is 13.5 Å². The van der Waals surface area contributed by atoms with E-state index in [0.29, 0.717) is 22.4 Å². The summed E-state index contributed by atoms with van der Waals surface area (Å²) in [5.74, 6) is 1.13. The van der Waals surface area contributed by atoms with Crippen LogP contribution in [0.25, 0.3) is 82.7 Å². The van der Waals surface area contributed by atoms with Crippen molar-refractivity contribution in [1.29, 1.82) is 0 Å². The number of para-hydroxylation sites is 2. The molecular formula is C46H38N2O. The smallest absolute Gasteiger partial charge is 0.149 e. The van der Waals surface area contributed by atoms with Gasteiger partial charge in [0.15, 0.2) is 0 Å². The molecule has 0 spiro atoms. The first-order chi connectivity index (χ1) is 25.1. The van der Waals surface area contributed by atoms with Gasteiger partial charge in [-0.05, 0) is 111 Å². The monoisotopic (exact) mass is 637 g/mol. The van der Waals surface area contributed by atoms with E-state index in [-0.39, 0.29) is 17.4 Å². The van der Waals surface area contributed by atoms with Crippen LogP contribution in [0, 0.1) is 6.85 Å². The molecule has 0 unspecified atom stereocenters. The van der Waals surface area contributed by atoms with Gasteiger partial charge < -0.3 is 4.42 Å². The van der Waals surface area contributed by atoms with E-state index in [1.54, 1.807) is 6.07 Å². The van der Waals surface area contributed by atoms with Crippen LogP contribution in [0.1, 0.15) is 60.3 Å². The standard InChI is InChI=1S/C46H38N2O/c1-27(2)36-23-33(30-13-7-6-8-14-30)24-37(28(3)4)44(36)48-41-18-12-11-17-40(41)47-46(48)35-22-19-29(5)43-39-26-38-32(25-42(39)49-45(35)43)21-20-31-15-9-10-16-34(31)38/h6-28H,1-5H3/i5D3. The van der Waals surface area contributed by atoms with Gasteiger partial charge in [-0.25, -0.2) is 4.98 Å². The maximum Gasteiger partial charge on any atom is 0.149 e. The third-order valence-electron chi connectivity index (χ3n) is 10.0. The van der Waals surface area contributed by atoms with Crippen molar-refractivity contribution in [2.24, 2.45) is 0 Å². The summed E-state index contributed by atoms with van der Waals surface area (Å²) < 4.78 is 34.9. The van der Waals surface area contributed by atoms with E-state index >= 15 is 0 Å². The zero-order valence-electron chi connectivity index (χ0n) is 31.1. The van der Waals surface area contributed by atoms with Gasteiger partial charge in [0.2, 0.25) is 0 Å². The lowest BCUT2D eigenvalue weighted by atomic mass is 9.88. The van der Waals surface area contributed by atoms with E-state index in [1.165, 1.54) is 22.3 Å². The summed E-state index contributed by atoms with van der Waals surface area (Å²) >= 11 is 0. The third-order valence-corrected chi connectivity index (χ3v) is 10.0. The van der Waals surface area contributed by atoms with E-state index in [1.807, 2.05) is 36.4 Å². The molecule has 7 aromatic carbocycles. The number of nitrogens with zero attached hydrogens (tertiary/aromatic N) is 2. The molecular weight excluding hydrogens is 597 g/mol. The van der Waals surface area contributed by atoms with Gasteiger partial charge in [0, 0.05) is 14.9 Å². The summed E-state index contributed by atoms with van der Waals surface area (Å²) in [6.07, 6.45) is 0. The molecule has 0 atom stereocenters. The van der Waals surface area contributed by atoms with Gasteiger partial charge in [-0.2, -0.15) is 0 Å². The average Bonchev–Trinajstić information content (AvgIpc) is 3.71. The Morgan fingerprint density at radius 1 is 0.633 bits per heavy atom. The lowest BCUT2D eigenvalue weighted by Gasteiger charge is -2.24. The van der Waals surface area contributed by atoms with E-state index in [0.717, 1.165) is 49.2 Å². The fourth-order valence-corrected chi connectivity index (χ4v) is 7.60. The molecule has 0 fully saturated rings. The summed E-state index contributed by atoms with van der Waals surface area (Å²) in [6.45, 7) is 6.62. The number of furan rings is 1. The van der Waals surface area contributed by atoms with Crippen LogP contribution in [0.4, 0.5) is 0 Å². The molecule has 0 N–H and O–H groups in total. The van der Waals surface area contributed by atoms with Gasteiger partial charge in [0.05, 0.1) is 22.3 Å². The van der Waals surface area contributed by atoms with E-state index in [2.05, 4.69) is 117 Å². The number of hydrogen-bond donors (Lipinski definition) is 0. The van der Waals surface area contributed by atoms with Crippen molar-refractivity contribution < 1.29 is 8.53 Å². The molecule has 0 radical (unpaired) electrons. The van der Waals surface area contributed by atoms with Gasteiger partial charge in [-0.15, -0.1) is 0 Å². The lowest BCUT2D eigenvalue weighted by molar-refractivity contribution is 0.670. The molecule has 0 bridgehead atoms. The third kappa shape index (κ3) is 4.60. The van der Waals surface area contributed by atoms with Crippen molar-refractivity contribution >= 4 is 54.5 Å². The number of fused-ring (bicyclic) bond motifs is 7. The first-order valence-corrected chi connectivity index (χ1v) is 17.1. The number of aryl methyl sites for hydroxylation is 1. The van der Waals surface area contributed by atoms with Crippen LogP contribution in [0.2, 0.25) is 0 Å². The van der Waals surface area contributed by atoms with Gasteiger partial charge >= 0.3 is 0 Å². The predicted molar refractivity (Wildman–Crippen MR) is 207 cm³/mol. The number of rotatable bonds is 5. The highest BCUT2D eigenvalue weighted by atomic mass is 16.3. The van der Waals surface area contributed by atoms with Crippen LogP contribution in [-0.2, 0) is 0 Å². The Labute approximate surface area is 290 Å². The number of aromatic nitrogens is 2. The highest BCUT2D eigenvalue weighted by Crippen LogP contribution is 2.44. The zero-order chi connectivity index (χ0) is 35.9. The minimum Gasteiger partial charge on any atom is -0.455 e. The van der Waals surface area contributed by atoms with Gasteiger partial charge in [0.25, 0.3) is 0 Å². The fourth-order valence-electron chi connectivity index (χ4n) is 7.60. The summed E-state index contributed by atoms with van der Waals surface area (Å²) in [4.78, 5) is 5.31. The normalized spacial score (nSPS) is 13.3. The minimum atomic E-state index is -2.36. The summed E-state index contributed by atoms with van der Waals surface area (Å²) in [6, 6.07) is 43.7. The Bertz CT molecular complexity index is 2810. The molecule has 0 aliphatic rings. The second kappa shape index (κ2) is 11.2. The van der Waals surface area contributed by atoms with Crippen LogP contribution in [0.3, 0.4) is 0 Å². The topological polar surface area (TPSA) is 31.0 Å². The van der Waals surface area contributed by atoms with Crippen molar-refractivity contribution in [2.45, 2.75) is 46.4 Å². The highest BCUT2D eigenvalue weighted by Gasteiger charge is 2.26. The Kier molecular flexibility index (Phi) is 6.01. The molecule has 3 nitrogen and oxygen atoms in total. The first-order valence-electron chi connectivity index (χ1n) is 18.6. The molecule has 2 heterocycles. The van der Waals surface area contributed by atoms with Gasteiger partial charge in [-0.1, -0.05) is 113 Å². The molecule has 49 heavy (non-hydrogen) atoms. The van der Waals surface area contributed by atoms with Crippen LogP contribution >= 0.6 is 0 Å². The minimum absolute atomic E-state index is 0.205. The quantitative estimate of drug-likeness (QED) is 0.176. The molecule has 9 rings (SSSR count). The summed E-state index contributed by atoms with van der Waals surface area (Å²) in [5.41, 5.74) is 9.93. The Balaban J connectivity index is 1.40. The van der Waals surface area contributed by atoms with Crippen molar-refractivity contribution in [3.05, 3.63) is 144 Å². The molecule has 0 saturated carbocycles. The fraction of sp³-hybridized carbons (Fsp3) is 0.152. The Morgan fingerprint density at radius 2 is 1.35 bits per heavy atom. The maximum atomic E-state index is 8.62. The molecule has 2 aromatic heterocycles. The molecule has 0 aliphatic heterocycles. The van der Waals surface area contributed by atoms with Crippen LogP contribution in [0.15, 0.2) is 132 Å². The maximum absolute atomic E-state index is 8.62. The molecule has 9 aromatic rings. The Hall–Kier alpha value is -5.67. The van der Waals surface area contributed by atoms with Gasteiger partial charge in [0.1, 0.15) is 17.0 Å². The summed E-state index contributed by atoms with van der Waals surface area (Å²) in [5, 5.41) is 5.74. The number of hydrogen-bond acceptors (Lipinski definition) is 2. The van der Waals surface area contributed by atoms with Crippen molar-refractivity contribution in [2.75, 3.05) is 0 Å². The summed E-state index contributed by atoms with van der Waals surface area (Å²) in [7, 11) is 0.